The maximum absolute atomic E-state index is 14.3. The molecule has 11 heteroatoms. The molecule has 1 aliphatic carbocycles. The number of carbonyl (C=O) groups excluding carboxylic acids is 1. The number of benzene rings is 3. The number of para-hydroxylation sites is 1. The predicted molar refractivity (Wildman–Crippen MR) is 148 cm³/mol. The number of carbonyl (C=O) groups is 1. The zero-order valence-electron chi connectivity index (χ0n) is 22.1. The Balaban J connectivity index is 1.40. The molecule has 1 aliphatic rings. The summed E-state index contributed by atoms with van der Waals surface area (Å²) in [7, 11) is 0. The van der Waals surface area contributed by atoms with Gasteiger partial charge in [-0.2, -0.15) is 5.10 Å². The van der Waals surface area contributed by atoms with Crippen molar-refractivity contribution in [1.82, 2.24) is 30.0 Å². The molecule has 6 rings (SSSR count). The monoisotopic (exact) mass is 558 g/mol. The van der Waals surface area contributed by atoms with Gasteiger partial charge < -0.3 is 19.7 Å². The Hall–Kier alpha value is -4.64. The van der Waals surface area contributed by atoms with Crippen molar-refractivity contribution in [2.75, 3.05) is 13.2 Å². The number of rotatable bonds is 8. The highest BCUT2D eigenvalue weighted by Crippen LogP contribution is 2.39. The largest absolute Gasteiger partial charge is 0.490 e. The number of ether oxygens (including phenoxy) is 1. The van der Waals surface area contributed by atoms with E-state index in [2.05, 4.69) is 25.1 Å². The highest BCUT2D eigenvalue weighted by Gasteiger charge is 2.30. The molecule has 210 valence electrons. The lowest BCUT2D eigenvalue weighted by Gasteiger charge is -2.32. The summed E-state index contributed by atoms with van der Waals surface area (Å²) in [5, 5.41) is 19.2. The second-order valence-electron chi connectivity index (χ2n) is 10.0. The van der Waals surface area contributed by atoms with Crippen LogP contribution in [0.25, 0.3) is 33.8 Å². The minimum atomic E-state index is -0.765. The fourth-order valence-electron chi connectivity index (χ4n) is 5.54. The van der Waals surface area contributed by atoms with Crippen LogP contribution in [0.5, 0.6) is 5.75 Å². The summed E-state index contributed by atoms with van der Waals surface area (Å²) in [5.74, 6) is -0.166. The first kappa shape index (κ1) is 26.6. The summed E-state index contributed by atoms with van der Waals surface area (Å²) in [6, 6.07) is 15.9. The van der Waals surface area contributed by atoms with Crippen LogP contribution in [0.1, 0.15) is 42.1 Å². The van der Waals surface area contributed by atoms with Crippen molar-refractivity contribution in [3.8, 4) is 28.5 Å². The van der Waals surface area contributed by atoms with E-state index in [4.69, 9.17) is 9.72 Å². The van der Waals surface area contributed by atoms with Crippen LogP contribution in [-0.2, 0) is 0 Å². The van der Waals surface area contributed by atoms with Crippen LogP contribution in [0.3, 0.4) is 0 Å². The van der Waals surface area contributed by atoms with Gasteiger partial charge in [0.2, 0.25) is 0 Å². The van der Waals surface area contributed by atoms with Crippen molar-refractivity contribution in [2.45, 2.75) is 37.8 Å². The Bertz CT molecular complexity index is 1690. The van der Waals surface area contributed by atoms with Crippen LogP contribution in [0.4, 0.5) is 8.78 Å². The SMILES string of the molecule is O=C(N[C@H]1CCC[C@@H](n2c(-c3ccccc3OCCO)nc3ccc(-c4ncn[nH]4)cc32)C1)c1cc(F)ccc1F. The number of fused-ring (bicyclic) bond motifs is 1. The lowest BCUT2D eigenvalue weighted by Crippen LogP contribution is -2.39. The van der Waals surface area contributed by atoms with Crippen LogP contribution >= 0.6 is 0 Å². The smallest absolute Gasteiger partial charge is 0.254 e. The number of nitrogens with one attached hydrogen (secondary N) is 2. The number of H-pyrrole nitrogens is 1. The number of aromatic nitrogens is 5. The molecule has 0 radical (unpaired) electrons. The van der Waals surface area contributed by atoms with Crippen molar-refractivity contribution in [1.29, 1.82) is 0 Å². The lowest BCUT2D eigenvalue weighted by atomic mass is 9.90. The Kier molecular flexibility index (Phi) is 7.43. The van der Waals surface area contributed by atoms with Crippen molar-refractivity contribution in [3.63, 3.8) is 0 Å². The Morgan fingerprint density at radius 2 is 2.00 bits per heavy atom. The maximum atomic E-state index is 14.3. The predicted octanol–water partition coefficient (Wildman–Crippen LogP) is 5.05. The number of halogens is 2. The molecule has 41 heavy (non-hydrogen) atoms. The van der Waals surface area contributed by atoms with Gasteiger partial charge in [0.15, 0.2) is 5.82 Å². The summed E-state index contributed by atoms with van der Waals surface area (Å²) >= 11 is 0. The molecule has 2 aromatic heterocycles. The van der Waals surface area contributed by atoms with E-state index in [0.29, 0.717) is 30.2 Å². The van der Waals surface area contributed by atoms with Crippen LogP contribution in [-0.4, -0.2) is 55.0 Å². The molecule has 1 amide bonds. The van der Waals surface area contributed by atoms with E-state index < -0.39 is 17.5 Å². The quantitative estimate of drug-likeness (QED) is 0.245. The minimum absolute atomic E-state index is 0.0673. The van der Waals surface area contributed by atoms with Gasteiger partial charge in [0.25, 0.3) is 5.91 Å². The highest BCUT2D eigenvalue weighted by molar-refractivity contribution is 5.94. The van der Waals surface area contributed by atoms with E-state index in [9.17, 15) is 18.7 Å². The average Bonchev–Trinajstić information content (AvgIpc) is 3.66. The number of amides is 1. The molecule has 3 aromatic carbocycles. The molecule has 0 spiro atoms. The summed E-state index contributed by atoms with van der Waals surface area (Å²) in [5.41, 5.74) is 2.95. The molecular formula is C30H28F2N6O3. The third kappa shape index (κ3) is 5.40. The van der Waals surface area contributed by atoms with Gasteiger partial charge in [-0.1, -0.05) is 12.1 Å². The van der Waals surface area contributed by atoms with E-state index in [1.807, 2.05) is 42.5 Å². The summed E-state index contributed by atoms with van der Waals surface area (Å²) in [4.78, 5) is 22.2. The first-order valence-electron chi connectivity index (χ1n) is 13.5. The van der Waals surface area contributed by atoms with Crippen LogP contribution in [0.2, 0.25) is 0 Å². The summed E-state index contributed by atoms with van der Waals surface area (Å²) in [6.45, 7) is 0.0161. The fraction of sp³-hybridized carbons (Fsp3) is 0.267. The van der Waals surface area contributed by atoms with E-state index in [1.165, 1.54) is 6.33 Å². The topological polar surface area (TPSA) is 118 Å². The number of hydrogen-bond donors (Lipinski definition) is 3. The van der Waals surface area contributed by atoms with Gasteiger partial charge in [-0.15, -0.1) is 0 Å². The Morgan fingerprint density at radius 1 is 1.12 bits per heavy atom. The van der Waals surface area contributed by atoms with E-state index in [1.54, 1.807) is 0 Å². The normalized spacial score (nSPS) is 17.0. The molecule has 9 nitrogen and oxygen atoms in total. The molecule has 3 N–H and O–H groups in total. The Labute approximate surface area is 234 Å². The van der Waals surface area contributed by atoms with Crippen molar-refractivity contribution < 1.29 is 23.4 Å². The number of hydrogen-bond acceptors (Lipinski definition) is 6. The molecule has 2 atom stereocenters. The van der Waals surface area contributed by atoms with Gasteiger partial charge in [-0.05, 0) is 74.2 Å². The zero-order chi connectivity index (χ0) is 28.3. The van der Waals surface area contributed by atoms with Crippen LogP contribution < -0.4 is 10.1 Å². The maximum Gasteiger partial charge on any atom is 0.254 e. The van der Waals surface area contributed by atoms with E-state index in [-0.39, 0.29) is 30.9 Å². The zero-order valence-corrected chi connectivity index (χ0v) is 22.1. The number of imidazole rings is 1. The first-order chi connectivity index (χ1) is 20.0. The molecule has 0 saturated heterocycles. The molecule has 0 unspecified atom stereocenters. The number of aliphatic hydroxyl groups excluding tert-OH is 1. The average molecular weight is 559 g/mol. The molecule has 0 bridgehead atoms. The van der Waals surface area contributed by atoms with Gasteiger partial charge in [-0.25, -0.2) is 18.7 Å². The van der Waals surface area contributed by atoms with Gasteiger partial charge in [0.05, 0.1) is 28.8 Å². The first-order valence-corrected chi connectivity index (χ1v) is 13.5. The van der Waals surface area contributed by atoms with Crippen LogP contribution in [0, 0.1) is 11.6 Å². The van der Waals surface area contributed by atoms with Crippen molar-refractivity contribution >= 4 is 16.9 Å². The number of aliphatic hydroxyl groups is 1. The molecule has 1 fully saturated rings. The molecule has 5 aromatic rings. The third-order valence-corrected chi connectivity index (χ3v) is 7.37. The Morgan fingerprint density at radius 3 is 2.83 bits per heavy atom. The highest BCUT2D eigenvalue weighted by atomic mass is 19.1. The number of aromatic amines is 1. The van der Waals surface area contributed by atoms with E-state index in [0.717, 1.165) is 53.2 Å². The lowest BCUT2D eigenvalue weighted by molar-refractivity contribution is 0.0916. The molecule has 2 heterocycles. The van der Waals surface area contributed by atoms with Crippen molar-refractivity contribution in [2.24, 2.45) is 0 Å². The number of nitrogens with zero attached hydrogens (tertiary/aromatic N) is 4. The molecule has 0 aliphatic heterocycles. The fourth-order valence-corrected chi connectivity index (χ4v) is 5.54. The molecule has 1 saturated carbocycles. The third-order valence-electron chi connectivity index (χ3n) is 7.37. The van der Waals surface area contributed by atoms with Gasteiger partial charge in [-0.3, -0.25) is 9.89 Å². The minimum Gasteiger partial charge on any atom is -0.490 e. The van der Waals surface area contributed by atoms with Gasteiger partial charge in [0, 0.05) is 17.6 Å². The standard InChI is InChI=1S/C30H28F2N6O3/c31-19-9-10-24(32)23(15-19)30(40)35-20-4-3-5-21(16-20)38-26-14-18(28-33-17-34-37-28)8-11-25(26)36-29(38)22-6-1-2-7-27(22)41-13-12-39/h1-2,6-11,14-15,17,20-21,39H,3-5,12-13,16H2,(H,35,40)(H,33,34,37)/t20-,21+/m0/s1. The van der Waals surface area contributed by atoms with E-state index >= 15 is 0 Å². The second kappa shape index (κ2) is 11.5. The van der Waals surface area contributed by atoms with Crippen LogP contribution in [0.15, 0.2) is 67.0 Å². The van der Waals surface area contributed by atoms with Gasteiger partial charge in [0.1, 0.15) is 36.1 Å². The molecular weight excluding hydrogens is 530 g/mol. The second-order valence-corrected chi connectivity index (χ2v) is 10.0. The summed E-state index contributed by atoms with van der Waals surface area (Å²) < 4.78 is 36.1. The van der Waals surface area contributed by atoms with Gasteiger partial charge >= 0.3 is 0 Å². The van der Waals surface area contributed by atoms with Crippen molar-refractivity contribution in [3.05, 3.63) is 84.2 Å². The summed E-state index contributed by atoms with van der Waals surface area (Å²) in [6.07, 6.45) is 4.36.